The first-order valence-electron chi connectivity index (χ1n) is 9.02. The van der Waals surface area contributed by atoms with Crippen molar-refractivity contribution in [2.24, 2.45) is 0 Å². The summed E-state index contributed by atoms with van der Waals surface area (Å²) in [5.74, 6) is 0.420. The number of hydrogen-bond acceptors (Lipinski definition) is 2. The Morgan fingerprint density at radius 1 is 0.923 bits per heavy atom. The van der Waals surface area contributed by atoms with Crippen LogP contribution < -0.4 is 0 Å². The van der Waals surface area contributed by atoms with Gasteiger partial charge in [0.05, 0.1) is 17.3 Å². The van der Waals surface area contributed by atoms with E-state index in [0.717, 1.165) is 16.9 Å². The molecule has 1 aliphatic heterocycles. The molecule has 124 valence electrons. The maximum atomic E-state index is 4.88. The van der Waals surface area contributed by atoms with E-state index < -0.39 is 0 Å². The highest BCUT2D eigenvalue weighted by Crippen LogP contribution is 2.48. The molecule has 0 fully saturated rings. The summed E-state index contributed by atoms with van der Waals surface area (Å²) in [7, 11) is 0. The molecule has 4 aromatic rings. The molecule has 0 spiro atoms. The highest BCUT2D eigenvalue weighted by Gasteiger charge is 2.34. The van der Waals surface area contributed by atoms with Crippen molar-refractivity contribution in [2.45, 2.75) is 18.9 Å². The van der Waals surface area contributed by atoms with Crippen LogP contribution in [0, 0.1) is 6.92 Å². The van der Waals surface area contributed by atoms with Crippen molar-refractivity contribution in [2.75, 3.05) is 0 Å². The molecular weight excluding hydrogens is 318 g/mol. The van der Waals surface area contributed by atoms with Crippen molar-refractivity contribution in [3.05, 3.63) is 84.2 Å². The van der Waals surface area contributed by atoms with Crippen LogP contribution in [0.15, 0.2) is 73.1 Å². The minimum atomic E-state index is 0.327. The van der Waals surface area contributed by atoms with Gasteiger partial charge in [0.25, 0.3) is 0 Å². The van der Waals surface area contributed by atoms with Crippen molar-refractivity contribution >= 4 is 21.9 Å². The van der Waals surface area contributed by atoms with Crippen LogP contribution in [0.3, 0.4) is 0 Å². The first-order valence-corrected chi connectivity index (χ1v) is 9.02. The summed E-state index contributed by atoms with van der Waals surface area (Å²) >= 11 is 0. The van der Waals surface area contributed by atoms with Crippen LogP contribution in [0.1, 0.15) is 23.1 Å². The van der Waals surface area contributed by atoms with Gasteiger partial charge < -0.3 is 4.57 Å². The van der Waals surface area contributed by atoms with E-state index in [4.69, 9.17) is 4.98 Å². The first kappa shape index (κ1) is 14.0. The molecule has 0 bridgehead atoms. The van der Waals surface area contributed by atoms with Crippen LogP contribution in [0.2, 0.25) is 0 Å². The molecule has 2 unspecified atom stereocenters. The molecule has 0 amide bonds. The van der Waals surface area contributed by atoms with Gasteiger partial charge in [-0.25, -0.2) is 4.98 Å². The van der Waals surface area contributed by atoms with Gasteiger partial charge in [0.15, 0.2) is 0 Å². The lowest BCUT2D eigenvalue weighted by Crippen LogP contribution is -2.09. The second-order valence-electron chi connectivity index (χ2n) is 7.22. The highest BCUT2D eigenvalue weighted by molar-refractivity contribution is 6.10. The van der Waals surface area contributed by atoms with Gasteiger partial charge in [-0.2, -0.15) is 0 Å². The van der Waals surface area contributed by atoms with Crippen molar-refractivity contribution in [1.29, 1.82) is 0 Å². The number of pyridine rings is 2. The lowest BCUT2D eigenvalue weighted by molar-refractivity contribution is 0.611. The van der Waals surface area contributed by atoms with E-state index >= 15 is 0 Å². The molecule has 3 aromatic heterocycles. The summed E-state index contributed by atoms with van der Waals surface area (Å²) in [6.07, 6.45) is 12.8. The molecule has 26 heavy (non-hydrogen) atoms. The van der Waals surface area contributed by atoms with Gasteiger partial charge in [0, 0.05) is 34.6 Å². The maximum absolute atomic E-state index is 4.88. The van der Waals surface area contributed by atoms with Crippen LogP contribution >= 0.6 is 0 Å². The number of aryl methyl sites for hydroxylation is 1. The van der Waals surface area contributed by atoms with Crippen molar-refractivity contribution in [3.63, 3.8) is 0 Å². The molecule has 1 aromatic carbocycles. The quantitative estimate of drug-likeness (QED) is 0.471. The lowest BCUT2D eigenvalue weighted by Gasteiger charge is -2.19. The topological polar surface area (TPSA) is 30.7 Å². The third-order valence-corrected chi connectivity index (χ3v) is 5.66. The van der Waals surface area contributed by atoms with Crippen LogP contribution in [-0.4, -0.2) is 14.5 Å². The second kappa shape index (κ2) is 4.92. The van der Waals surface area contributed by atoms with Crippen LogP contribution in [0.4, 0.5) is 0 Å². The van der Waals surface area contributed by atoms with E-state index in [9.17, 15) is 0 Å². The zero-order chi connectivity index (χ0) is 17.3. The molecule has 6 rings (SSSR count). The average molecular weight is 335 g/mol. The Labute approximate surface area is 151 Å². The third-order valence-electron chi connectivity index (χ3n) is 5.66. The van der Waals surface area contributed by atoms with E-state index in [1.807, 2.05) is 12.4 Å². The number of allylic oxidation sites excluding steroid dienone is 4. The average Bonchev–Trinajstić information content (AvgIpc) is 3.20. The van der Waals surface area contributed by atoms with Gasteiger partial charge in [-0.15, -0.1) is 0 Å². The minimum Gasteiger partial charge on any atom is -0.317 e. The van der Waals surface area contributed by atoms with Gasteiger partial charge in [-0.05, 0) is 30.2 Å². The monoisotopic (exact) mass is 335 g/mol. The zero-order valence-corrected chi connectivity index (χ0v) is 14.4. The smallest absolute Gasteiger partial charge is 0.141 e. The molecule has 2 aliphatic rings. The Morgan fingerprint density at radius 2 is 1.85 bits per heavy atom. The second-order valence-corrected chi connectivity index (χ2v) is 7.22. The highest BCUT2D eigenvalue weighted by atomic mass is 15.1. The summed E-state index contributed by atoms with van der Waals surface area (Å²) in [6, 6.07) is 13.4. The number of nitrogens with zero attached hydrogens (tertiary/aromatic N) is 3. The Kier molecular flexibility index (Phi) is 2.65. The molecule has 3 heteroatoms. The van der Waals surface area contributed by atoms with E-state index in [1.165, 1.54) is 27.4 Å². The number of benzene rings is 1. The van der Waals surface area contributed by atoms with E-state index in [1.54, 1.807) is 0 Å². The summed E-state index contributed by atoms with van der Waals surface area (Å²) < 4.78 is 2.41. The van der Waals surface area contributed by atoms with Gasteiger partial charge in [0.1, 0.15) is 5.65 Å². The molecule has 4 heterocycles. The lowest BCUT2D eigenvalue weighted by atomic mass is 9.90. The standard InChI is InChI=1S/C23H17N3/c1-14-9-10-20(24-12-14)15-11-19-18-7-4-6-17-16-5-2-3-8-21(16)26(22(17)18)23(19)25-13-15/h2-13,16,21H,1H3. The molecule has 0 saturated heterocycles. The summed E-state index contributed by atoms with van der Waals surface area (Å²) in [6.45, 7) is 2.06. The molecular formula is C23H17N3. The van der Waals surface area contributed by atoms with Crippen LogP contribution in [0.5, 0.6) is 0 Å². The number of rotatable bonds is 1. The largest absolute Gasteiger partial charge is 0.317 e. The molecule has 0 N–H and O–H groups in total. The Hall–Kier alpha value is -3.20. The maximum Gasteiger partial charge on any atom is 0.141 e. The minimum absolute atomic E-state index is 0.327. The third kappa shape index (κ3) is 1.72. The molecule has 1 aliphatic carbocycles. The molecule has 2 atom stereocenters. The zero-order valence-electron chi connectivity index (χ0n) is 14.4. The molecule has 0 radical (unpaired) electrons. The number of aromatic nitrogens is 3. The van der Waals surface area contributed by atoms with Crippen molar-refractivity contribution in [3.8, 4) is 11.3 Å². The predicted molar refractivity (Wildman–Crippen MR) is 105 cm³/mol. The van der Waals surface area contributed by atoms with Gasteiger partial charge in [-0.1, -0.05) is 48.6 Å². The summed E-state index contributed by atoms with van der Waals surface area (Å²) in [5.41, 5.74) is 7.00. The van der Waals surface area contributed by atoms with Crippen LogP contribution in [-0.2, 0) is 0 Å². The predicted octanol–water partition coefficient (Wildman–Crippen LogP) is 5.32. The number of hydrogen-bond donors (Lipinski definition) is 0. The summed E-state index contributed by atoms with van der Waals surface area (Å²) in [5, 5.41) is 2.50. The number of fused-ring (bicyclic) bond motifs is 6. The Balaban J connectivity index is 1.66. The SMILES string of the molecule is Cc1ccc(-c2cnc3c(c2)c2cccc4c2n3C2C=CC=CC42)nc1. The van der Waals surface area contributed by atoms with Crippen LogP contribution in [0.25, 0.3) is 33.2 Å². The fourth-order valence-electron chi connectivity index (χ4n) is 4.47. The molecule has 3 nitrogen and oxygen atoms in total. The van der Waals surface area contributed by atoms with Gasteiger partial charge >= 0.3 is 0 Å². The summed E-state index contributed by atoms with van der Waals surface area (Å²) in [4.78, 5) is 9.45. The van der Waals surface area contributed by atoms with Gasteiger partial charge in [-0.3, -0.25) is 4.98 Å². The molecule has 0 saturated carbocycles. The number of para-hydroxylation sites is 1. The Morgan fingerprint density at radius 3 is 2.73 bits per heavy atom. The van der Waals surface area contributed by atoms with Crippen molar-refractivity contribution < 1.29 is 0 Å². The van der Waals surface area contributed by atoms with E-state index in [-0.39, 0.29) is 0 Å². The van der Waals surface area contributed by atoms with Gasteiger partial charge in [0.2, 0.25) is 0 Å². The normalized spacial score (nSPS) is 20.2. The van der Waals surface area contributed by atoms with E-state index in [2.05, 4.69) is 77.2 Å². The first-order chi connectivity index (χ1) is 12.8. The van der Waals surface area contributed by atoms with E-state index in [0.29, 0.717) is 12.0 Å². The Bertz CT molecular complexity index is 1240. The fourth-order valence-corrected chi connectivity index (χ4v) is 4.47. The van der Waals surface area contributed by atoms with Crippen molar-refractivity contribution in [1.82, 2.24) is 14.5 Å². The fraction of sp³-hybridized carbons (Fsp3) is 0.130.